The Kier molecular flexibility index (Phi) is 2.04. The molecule has 16 heavy (non-hydrogen) atoms. The number of aryl methyl sites for hydroxylation is 1. The molecule has 0 bridgehead atoms. The molecule has 1 heterocycles. The number of rotatable bonds is 1. The minimum atomic E-state index is 0.744. The third-order valence-corrected chi connectivity index (χ3v) is 3.94. The summed E-state index contributed by atoms with van der Waals surface area (Å²) in [4.78, 5) is 10.8. The second-order valence-corrected chi connectivity index (χ2v) is 5.06. The molecule has 0 spiro atoms. The molecule has 78 valence electrons. The van der Waals surface area contributed by atoms with Gasteiger partial charge >= 0.3 is 0 Å². The van der Waals surface area contributed by atoms with E-state index in [0.29, 0.717) is 0 Å². The van der Waals surface area contributed by atoms with Gasteiger partial charge in [-0.1, -0.05) is 17.7 Å². The van der Waals surface area contributed by atoms with E-state index < -0.39 is 0 Å². The van der Waals surface area contributed by atoms with Crippen LogP contribution in [0.2, 0.25) is 0 Å². The van der Waals surface area contributed by atoms with Gasteiger partial charge in [0.25, 0.3) is 0 Å². The van der Waals surface area contributed by atoms with E-state index in [1.165, 1.54) is 25.7 Å². The zero-order valence-electron chi connectivity index (χ0n) is 8.86. The van der Waals surface area contributed by atoms with Gasteiger partial charge in [-0.05, 0) is 31.2 Å². The van der Waals surface area contributed by atoms with Crippen LogP contribution in [0.5, 0.6) is 0 Å². The van der Waals surface area contributed by atoms with E-state index in [2.05, 4.69) is 25.1 Å². The van der Waals surface area contributed by atoms with E-state index in [1.807, 2.05) is 18.2 Å². The lowest BCUT2D eigenvalue weighted by molar-refractivity contribution is 0.112. The highest BCUT2D eigenvalue weighted by Gasteiger charge is 2.05. The fourth-order valence-electron chi connectivity index (χ4n) is 1.98. The van der Waals surface area contributed by atoms with Crippen LogP contribution in [0, 0.1) is 6.92 Å². The van der Waals surface area contributed by atoms with E-state index in [0.717, 1.165) is 11.8 Å². The van der Waals surface area contributed by atoms with Crippen molar-refractivity contribution in [1.82, 2.24) is 0 Å². The van der Waals surface area contributed by atoms with Gasteiger partial charge < -0.3 is 0 Å². The van der Waals surface area contributed by atoms with Crippen LogP contribution in [0.3, 0.4) is 0 Å². The Morgan fingerprint density at radius 3 is 2.44 bits per heavy atom. The highest BCUT2D eigenvalue weighted by Crippen LogP contribution is 2.34. The average molecular weight is 226 g/mol. The molecule has 0 saturated heterocycles. The smallest absolute Gasteiger partial charge is 0.150 e. The Balaban J connectivity index is 2.49. The Morgan fingerprint density at radius 1 is 1.00 bits per heavy atom. The Hall–Kier alpha value is -1.67. The minimum Gasteiger partial charge on any atom is -0.298 e. The lowest BCUT2D eigenvalue weighted by Gasteiger charge is -1.94. The third kappa shape index (κ3) is 1.34. The predicted octanol–water partition coefficient (Wildman–Crippen LogP) is 4.18. The highest BCUT2D eigenvalue weighted by molar-refractivity contribution is 7.25. The molecule has 2 aromatic carbocycles. The lowest BCUT2D eigenvalue weighted by atomic mass is 10.1. The van der Waals surface area contributed by atoms with Crippen molar-refractivity contribution in [3.63, 3.8) is 0 Å². The van der Waals surface area contributed by atoms with Crippen LogP contribution in [0.4, 0.5) is 0 Å². The molecule has 0 saturated carbocycles. The molecule has 0 aliphatic carbocycles. The molecule has 0 N–H and O–H groups in total. The van der Waals surface area contributed by atoms with Crippen LogP contribution in [0.25, 0.3) is 20.2 Å². The average Bonchev–Trinajstić information content (AvgIpc) is 2.66. The van der Waals surface area contributed by atoms with Crippen LogP contribution in [0.15, 0.2) is 36.4 Å². The van der Waals surface area contributed by atoms with Crippen molar-refractivity contribution in [3.8, 4) is 0 Å². The fraction of sp³-hybridized carbons (Fsp3) is 0.0714. The first-order chi connectivity index (χ1) is 7.78. The van der Waals surface area contributed by atoms with Crippen LogP contribution < -0.4 is 0 Å². The Morgan fingerprint density at radius 2 is 1.69 bits per heavy atom. The summed E-state index contributed by atoms with van der Waals surface area (Å²) in [6.45, 7) is 2.09. The summed E-state index contributed by atoms with van der Waals surface area (Å²) in [5.74, 6) is 0. The van der Waals surface area contributed by atoms with Crippen LogP contribution in [-0.2, 0) is 0 Å². The van der Waals surface area contributed by atoms with Gasteiger partial charge in [0.2, 0.25) is 0 Å². The normalized spacial score (nSPS) is 11.1. The quantitative estimate of drug-likeness (QED) is 0.569. The highest BCUT2D eigenvalue weighted by atomic mass is 32.1. The van der Waals surface area contributed by atoms with Crippen LogP contribution >= 0.6 is 11.3 Å². The van der Waals surface area contributed by atoms with Crippen molar-refractivity contribution in [1.29, 1.82) is 0 Å². The maximum absolute atomic E-state index is 10.8. The lowest BCUT2D eigenvalue weighted by Crippen LogP contribution is -1.77. The van der Waals surface area contributed by atoms with E-state index >= 15 is 0 Å². The molecule has 0 aliphatic rings. The van der Waals surface area contributed by atoms with E-state index in [-0.39, 0.29) is 0 Å². The summed E-state index contributed by atoms with van der Waals surface area (Å²) in [7, 11) is 0. The van der Waals surface area contributed by atoms with Gasteiger partial charge in [-0.2, -0.15) is 0 Å². The summed E-state index contributed by atoms with van der Waals surface area (Å²) >= 11 is 1.77. The number of fused-ring (bicyclic) bond motifs is 3. The van der Waals surface area contributed by atoms with Gasteiger partial charge in [0.05, 0.1) is 0 Å². The molecule has 0 aliphatic heterocycles. The molecular weight excluding hydrogens is 216 g/mol. The molecule has 2 heteroatoms. The van der Waals surface area contributed by atoms with Crippen molar-refractivity contribution in [2.45, 2.75) is 6.92 Å². The Bertz CT molecular complexity index is 694. The Labute approximate surface area is 97.3 Å². The van der Waals surface area contributed by atoms with Gasteiger partial charge in [0.15, 0.2) is 0 Å². The number of hydrogen-bond acceptors (Lipinski definition) is 2. The van der Waals surface area contributed by atoms with Gasteiger partial charge in [-0.15, -0.1) is 11.3 Å². The van der Waals surface area contributed by atoms with E-state index in [9.17, 15) is 4.79 Å². The van der Waals surface area contributed by atoms with Gasteiger partial charge in [0.1, 0.15) is 6.29 Å². The summed E-state index contributed by atoms with van der Waals surface area (Å²) in [6.07, 6.45) is 0.902. The van der Waals surface area contributed by atoms with Gasteiger partial charge in [-0.3, -0.25) is 4.79 Å². The number of thiophene rings is 1. The monoisotopic (exact) mass is 226 g/mol. The maximum atomic E-state index is 10.8. The van der Waals surface area contributed by atoms with Crippen molar-refractivity contribution in [3.05, 3.63) is 47.5 Å². The summed E-state index contributed by atoms with van der Waals surface area (Å²) < 4.78 is 2.52. The number of benzene rings is 2. The molecule has 0 amide bonds. The fourth-order valence-corrected chi connectivity index (χ4v) is 3.05. The number of carbonyl (C=O) groups is 1. The molecular formula is C14H10OS. The van der Waals surface area contributed by atoms with Crippen LogP contribution in [-0.4, -0.2) is 6.29 Å². The minimum absolute atomic E-state index is 0.744. The first-order valence-electron chi connectivity index (χ1n) is 5.16. The first kappa shape index (κ1) is 9.55. The number of carbonyl (C=O) groups excluding carboxylic acids is 1. The van der Waals surface area contributed by atoms with E-state index in [4.69, 9.17) is 0 Å². The standard InChI is InChI=1S/C14H10OS/c1-9-2-4-13-11(6-9)12-7-10(8-15)3-5-14(12)16-13/h2-8H,1H3. The first-order valence-corrected chi connectivity index (χ1v) is 5.98. The molecule has 0 radical (unpaired) electrons. The second kappa shape index (κ2) is 3.42. The third-order valence-electron chi connectivity index (χ3n) is 2.78. The summed E-state index contributed by atoms with van der Waals surface area (Å²) in [5, 5.41) is 2.44. The summed E-state index contributed by atoms with van der Waals surface area (Å²) in [5.41, 5.74) is 2.00. The zero-order valence-corrected chi connectivity index (χ0v) is 9.67. The predicted molar refractivity (Wildman–Crippen MR) is 69.5 cm³/mol. The second-order valence-electron chi connectivity index (χ2n) is 3.98. The molecule has 0 fully saturated rings. The van der Waals surface area contributed by atoms with Crippen molar-refractivity contribution >= 4 is 37.8 Å². The van der Waals surface area contributed by atoms with Crippen molar-refractivity contribution < 1.29 is 4.79 Å². The topological polar surface area (TPSA) is 17.1 Å². The summed E-state index contributed by atoms with van der Waals surface area (Å²) in [6, 6.07) is 12.3. The number of aldehydes is 1. The largest absolute Gasteiger partial charge is 0.298 e. The van der Waals surface area contributed by atoms with Crippen molar-refractivity contribution in [2.24, 2.45) is 0 Å². The zero-order chi connectivity index (χ0) is 11.1. The van der Waals surface area contributed by atoms with Gasteiger partial charge in [-0.25, -0.2) is 0 Å². The SMILES string of the molecule is Cc1ccc2sc3ccc(C=O)cc3c2c1. The van der Waals surface area contributed by atoms with Crippen LogP contribution in [0.1, 0.15) is 15.9 Å². The van der Waals surface area contributed by atoms with Gasteiger partial charge in [0, 0.05) is 25.7 Å². The molecule has 0 atom stereocenters. The molecule has 1 aromatic heterocycles. The molecule has 3 rings (SSSR count). The number of hydrogen-bond donors (Lipinski definition) is 0. The van der Waals surface area contributed by atoms with Crippen molar-refractivity contribution in [2.75, 3.05) is 0 Å². The molecule has 1 nitrogen and oxygen atoms in total. The molecule has 0 unspecified atom stereocenters. The molecule has 3 aromatic rings. The maximum Gasteiger partial charge on any atom is 0.150 e. The van der Waals surface area contributed by atoms with E-state index in [1.54, 1.807) is 11.3 Å².